The van der Waals surface area contributed by atoms with Crippen LogP contribution < -0.4 is 0 Å². The minimum absolute atomic E-state index is 0. The molecule has 0 unspecified atom stereocenters. The van der Waals surface area contributed by atoms with E-state index in [1.165, 1.54) is 0 Å². The molecule has 0 amide bonds. The number of aliphatic hydroxyl groups excluding tert-OH is 1. The molecule has 11 heteroatoms. The van der Waals surface area contributed by atoms with Crippen molar-refractivity contribution in [3.63, 3.8) is 0 Å². The summed E-state index contributed by atoms with van der Waals surface area (Å²) in [6.45, 7) is 2.97. The fourth-order valence-electron chi connectivity index (χ4n) is 7.05. The smallest absolute Gasteiger partial charge is 0.393 e. The summed E-state index contributed by atoms with van der Waals surface area (Å²) in [6, 6.07) is 0. The molecule has 0 spiro atoms. The molecule has 0 aromatic carbocycles. The predicted molar refractivity (Wildman–Crippen MR) is 117 cm³/mol. The van der Waals surface area contributed by atoms with E-state index >= 15 is 0 Å². The van der Waals surface area contributed by atoms with E-state index in [0.29, 0.717) is 6.42 Å². The van der Waals surface area contributed by atoms with Crippen LogP contribution in [-0.2, 0) is 18.7 Å². The van der Waals surface area contributed by atoms with E-state index < -0.39 is 42.7 Å². The van der Waals surface area contributed by atoms with Gasteiger partial charge in [0, 0.05) is 75.9 Å². The number of phosphoric acid groups is 1. The van der Waals surface area contributed by atoms with Crippen LogP contribution in [0, 0.1) is 28.6 Å². The van der Waals surface area contributed by atoms with Crippen LogP contribution in [0.3, 0.4) is 0 Å². The average Bonchev–Trinajstić information content (AvgIpc) is 2.91. The molecule has 3 fully saturated rings. The molecule has 7 atom stereocenters. The van der Waals surface area contributed by atoms with Gasteiger partial charge in [-0.25, -0.2) is 4.57 Å². The van der Waals surface area contributed by atoms with Crippen LogP contribution in [0.2, 0.25) is 0 Å². The number of aliphatic hydroxyl groups is 2. The van der Waals surface area contributed by atoms with Crippen molar-refractivity contribution in [1.82, 2.24) is 0 Å². The average molecular weight is 486 g/mol. The van der Waals surface area contributed by atoms with Crippen LogP contribution in [-0.4, -0.2) is 109 Å². The first-order valence-electron chi connectivity index (χ1n) is 10.4. The third-order valence-electron chi connectivity index (χ3n) is 8.47. The Morgan fingerprint density at radius 3 is 2.53 bits per heavy atom. The molecule has 0 saturated heterocycles. The number of carbonyl (C=O) groups is 2. The molecule has 168 valence electrons. The predicted octanol–water partition coefficient (Wildman–Crippen LogP) is 0.913. The number of rotatable bonds is 4. The van der Waals surface area contributed by atoms with Crippen LogP contribution in [0.1, 0.15) is 46.0 Å². The summed E-state index contributed by atoms with van der Waals surface area (Å²) in [6.07, 6.45) is 6.76. The zero-order valence-corrected chi connectivity index (χ0v) is 24.0. The van der Waals surface area contributed by atoms with Crippen molar-refractivity contribution in [2.45, 2.75) is 57.7 Å². The van der Waals surface area contributed by atoms with Gasteiger partial charge in [-0.2, -0.15) is 0 Å². The van der Waals surface area contributed by atoms with Crippen LogP contribution in [0.5, 0.6) is 0 Å². The largest absolute Gasteiger partial charge is 0.470 e. The maximum atomic E-state index is 12.8. The second kappa shape index (κ2) is 9.72. The van der Waals surface area contributed by atoms with E-state index in [0.717, 1.165) is 18.4 Å². The minimum Gasteiger partial charge on any atom is -0.393 e. The standard InChI is InChI=1S/C21H29O8P.2Na/c1-19-7-5-13(22)9-12(19)3-4-14-15-6-8-21(25,17(24)11-29-30(26,27)28)20(15,2)10-16(23)18(14)19;;/h5,7,9,14-16,18,23,25H,3-4,6,8,10-11H2,1-2H3,(H2,26,27,28);;/t14-,15-,16-,18+,19-,20-,21-;;/m0../s1. The van der Waals surface area contributed by atoms with Crippen molar-refractivity contribution in [1.29, 1.82) is 0 Å². The van der Waals surface area contributed by atoms with Gasteiger partial charge in [0.2, 0.25) is 0 Å². The molecule has 0 aromatic heterocycles. The molecule has 32 heavy (non-hydrogen) atoms. The third-order valence-corrected chi connectivity index (χ3v) is 8.94. The molecule has 4 aliphatic rings. The van der Waals surface area contributed by atoms with Gasteiger partial charge in [-0.05, 0) is 56.1 Å². The van der Waals surface area contributed by atoms with Crippen molar-refractivity contribution in [2.24, 2.45) is 28.6 Å². The number of Topliss-reactive ketones (excluding diaryl/α,β-unsaturated/α-hetero) is 1. The third kappa shape index (κ3) is 4.54. The fraction of sp³-hybridized carbons (Fsp3) is 0.714. The molecule has 4 N–H and O–H groups in total. The van der Waals surface area contributed by atoms with Crippen molar-refractivity contribution < 1.29 is 38.7 Å². The van der Waals surface area contributed by atoms with Crippen LogP contribution in [0.4, 0.5) is 0 Å². The van der Waals surface area contributed by atoms with Crippen molar-refractivity contribution in [3.8, 4) is 0 Å². The summed E-state index contributed by atoms with van der Waals surface area (Å²) in [4.78, 5) is 42.5. The topological polar surface area (TPSA) is 141 Å². The minimum atomic E-state index is -4.84. The zero-order valence-electron chi connectivity index (χ0n) is 19.2. The Kier molecular flexibility index (Phi) is 8.83. The Labute approximate surface area is 232 Å². The van der Waals surface area contributed by atoms with Crippen molar-refractivity contribution >= 4 is 78.5 Å². The first kappa shape index (κ1) is 29.1. The van der Waals surface area contributed by atoms with Gasteiger partial charge in [0.1, 0.15) is 12.2 Å². The fourth-order valence-corrected chi connectivity index (χ4v) is 7.34. The molecule has 4 rings (SSSR count). The van der Waals surface area contributed by atoms with Gasteiger partial charge in [-0.3, -0.25) is 14.1 Å². The van der Waals surface area contributed by atoms with E-state index in [1.807, 2.05) is 13.0 Å². The maximum absolute atomic E-state index is 12.8. The van der Waals surface area contributed by atoms with E-state index in [1.54, 1.807) is 19.1 Å². The number of phosphoric ester groups is 1. The summed E-state index contributed by atoms with van der Waals surface area (Å²) in [7, 11) is -4.84. The Morgan fingerprint density at radius 1 is 1.25 bits per heavy atom. The van der Waals surface area contributed by atoms with Gasteiger partial charge in [-0.15, -0.1) is 0 Å². The summed E-state index contributed by atoms with van der Waals surface area (Å²) >= 11 is 0. The number of ketones is 2. The summed E-state index contributed by atoms with van der Waals surface area (Å²) < 4.78 is 15.4. The maximum Gasteiger partial charge on any atom is 0.470 e. The summed E-state index contributed by atoms with van der Waals surface area (Å²) in [5, 5.41) is 22.6. The number of hydrogen-bond donors (Lipinski definition) is 4. The van der Waals surface area contributed by atoms with Crippen molar-refractivity contribution in [3.05, 3.63) is 23.8 Å². The van der Waals surface area contributed by atoms with Gasteiger partial charge >= 0.3 is 7.82 Å². The molecule has 0 heterocycles. The number of fused-ring (bicyclic) bond motifs is 5. The molecule has 4 aliphatic carbocycles. The molecule has 8 nitrogen and oxygen atoms in total. The van der Waals surface area contributed by atoms with E-state index in [2.05, 4.69) is 4.52 Å². The van der Waals surface area contributed by atoms with E-state index in [4.69, 9.17) is 9.79 Å². The molecule has 3 saturated carbocycles. The Balaban J connectivity index is 0.00000181. The molecule has 2 radical (unpaired) electrons. The van der Waals surface area contributed by atoms with Gasteiger partial charge in [0.15, 0.2) is 11.6 Å². The number of allylic oxidation sites excluding steroid dienone is 4. The normalized spacial score (nSPS) is 42.6. The van der Waals surface area contributed by atoms with Crippen molar-refractivity contribution in [2.75, 3.05) is 6.61 Å². The van der Waals surface area contributed by atoms with Crippen LogP contribution in [0.15, 0.2) is 23.8 Å². The van der Waals surface area contributed by atoms with Gasteiger partial charge in [-0.1, -0.05) is 25.5 Å². The Hall–Kier alpha value is 0.850. The molecule has 0 aliphatic heterocycles. The first-order chi connectivity index (χ1) is 13.8. The quantitative estimate of drug-likeness (QED) is 0.340. The Bertz CT molecular complexity index is 900. The van der Waals surface area contributed by atoms with Gasteiger partial charge in [0.05, 0.1) is 6.10 Å². The number of hydrogen-bond acceptors (Lipinski definition) is 6. The second-order valence-corrected chi connectivity index (χ2v) is 11.0. The molecular weight excluding hydrogens is 457 g/mol. The second-order valence-electron chi connectivity index (χ2n) is 9.80. The molecule has 0 aromatic rings. The summed E-state index contributed by atoms with van der Waals surface area (Å²) in [5.74, 6) is -0.888. The first-order valence-corrected chi connectivity index (χ1v) is 11.9. The Morgan fingerprint density at radius 2 is 1.91 bits per heavy atom. The van der Waals surface area contributed by atoms with Crippen LogP contribution in [0.25, 0.3) is 0 Å². The van der Waals surface area contributed by atoms with Gasteiger partial charge < -0.3 is 20.0 Å². The summed E-state index contributed by atoms with van der Waals surface area (Å²) in [5.41, 5.74) is -2.15. The SMILES string of the molecule is C[C@]12C=CC(=O)C=C1CC[C@@H]1[C@@H]2[C@@H](O)C[C@@]2(C)[C@H]1CC[C@]2(O)C(=O)COP(=O)(O)O.[Na].[Na]. The monoisotopic (exact) mass is 486 g/mol. The van der Waals surface area contributed by atoms with Crippen LogP contribution >= 0.6 is 7.82 Å². The van der Waals surface area contributed by atoms with E-state index in [9.17, 15) is 24.4 Å². The molecule has 0 bridgehead atoms. The van der Waals surface area contributed by atoms with E-state index in [-0.39, 0.29) is 95.5 Å². The van der Waals surface area contributed by atoms with Gasteiger partial charge in [0.25, 0.3) is 0 Å². The molecular formula is C21H29Na2O8P. The zero-order chi connectivity index (χ0) is 22.1. The number of carbonyl (C=O) groups excluding carboxylic acids is 2.